The lowest BCUT2D eigenvalue weighted by Gasteiger charge is -2.27. The van der Waals surface area contributed by atoms with Crippen LogP contribution in [-0.2, 0) is 14.3 Å². The summed E-state index contributed by atoms with van der Waals surface area (Å²) >= 11 is 0. The van der Waals surface area contributed by atoms with Gasteiger partial charge in [-0.3, -0.25) is 9.59 Å². The lowest BCUT2D eigenvalue weighted by molar-refractivity contribution is -0.129. The van der Waals surface area contributed by atoms with Crippen molar-refractivity contribution in [3.8, 4) is 11.5 Å². The highest BCUT2D eigenvalue weighted by Gasteiger charge is 2.42. The smallest absolute Gasteiger partial charge is 0.290 e. The van der Waals surface area contributed by atoms with Crippen LogP contribution in [0.15, 0.2) is 29.5 Å². The van der Waals surface area contributed by atoms with E-state index in [0.29, 0.717) is 36.6 Å². The highest BCUT2D eigenvalue weighted by molar-refractivity contribution is 6.08. The van der Waals surface area contributed by atoms with E-state index in [1.54, 1.807) is 32.2 Å². The molecule has 1 atom stereocenters. The Kier molecular flexibility index (Phi) is 6.63. The van der Waals surface area contributed by atoms with E-state index in [1.165, 1.54) is 19.1 Å². The molecule has 0 radical (unpaired) electrons. The van der Waals surface area contributed by atoms with Gasteiger partial charge in [-0.25, -0.2) is 0 Å². The fourth-order valence-corrected chi connectivity index (χ4v) is 3.11. The first-order valence-corrected chi connectivity index (χ1v) is 8.48. The molecule has 0 spiro atoms. The molecule has 1 aromatic rings. The number of ether oxygens (including phenoxy) is 3. The number of hydrogen-bond acceptors (Lipinski definition) is 6. The molecule has 1 amide bonds. The van der Waals surface area contributed by atoms with E-state index in [0.717, 1.165) is 0 Å². The number of amides is 1. The molecule has 0 saturated carbocycles. The third kappa shape index (κ3) is 3.67. The van der Waals surface area contributed by atoms with E-state index in [2.05, 4.69) is 0 Å². The molecule has 26 heavy (non-hydrogen) atoms. The van der Waals surface area contributed by atoms with Crippen molar-refractivity contribution in [3.63, 3.8) is 0 Å². The molecule has 0 fully saturated rings. The van der Waals surface area contributed by atoms with Crippen molar-refractivity contribution in [2.75, 3.05) is 34.5 Å². The van der Waals surface area contributed by atoms with Gasteiger partial charge in [-0.1, -0.05) is 13.0 Å². The summed E-state index contributed by atoms with van der Waals surface area (Å²) in [7, 11) is 4.63. The zero-order chi connectivity index (χ0) is 19.3. The summed E-state index contributed by atoms with van der Waals surface area (Å²) in [5, 5.41) is 10.3. The van der Waals surface area contributed by atoms with Crippen LogP contribution in [0.4, 0.5) is 0 Å². The molecule has 7 nitrogen and oxygen atoms in total. The van der Waals surface area contributed by atoms with E-state index < -0.39 is 17.7 Å². The van der Waals surface area contributed by atoms with Crippen LogP contribution in [0.1, 0.15) is 31.4 Å². The molecule has 0 aliphatic carbocycles. The number of carbonyl (C=O) groups excluding carboxylic acids is 2. The van der Waals surface area contributed by atoms with E-state index >= 15 is 0 Å². The lowest BCUT2D eigenvalue weighted by Crippen LogP contribution is -2.32. The summed E-state index contributed by atoms with van der Waals surface area (Å²) < 4.78 is 15.6. The Morgan fingerprint density at radius 1 is 1.19 bits per heavy atom. The second-order valence-electron chi connectivity index (χ2n) is 5.90. The van der Waals surface area contributed by atoms with Gasteiger partial charge in [0.05, 0.1) is 25.8 Å². The van der Waals surface area contributed by atoms with Gasteiger partial charge in [-0.15, -0.1) is 0 Å². The quantitative estimate of drug-likeness (QED) is 0.678. The van der Waals surface area contributed by atoms with Gasteiger partial charge >= 0.3 is 0 Å². The van der Waals surface area contributed by atoms with Crippen molar-refractivity contribution < 1.29 is 28.9 Å². The molecule has 1 aromatic carbocycles. The van der Waals surface area contributed by atoms with Crippen LogP contribution in [0, 0.1) is 0 Å². The Bertz CT molecular complexity index is 712. The van der Waals surface area contributed by atoms with Crippen LogP contribution in [0.2, 0.25) is 0 Å². The Labute approximate surface area is 153 Å². The summed E-state index contributed by atoms with van der Waals surface area (Å²) in [6.07, 6.45) is 0.787. The van der Waals surface area contributed by atoms with Crippen LogP contribution in [-0.4, -0.2) is 56.2 Å². The summed E-state index contributed by atoms with van der Waals surface area (Å²) in [6, 6.07) is 4.55. The third-order valence-corrected chi connectivity index (χ3v) is 4.40. The number of ketones is 1. The molecular weight excluding hydrogens is 338 g/mol. The van der Waals surface area contributed by atoms with Crippen molar-refractivity contribution in [2.24, 2.45) is 0 Å². The zero-order valence-electron chi connectivity index (χ0n) is 15.6. The van der Waals surface area contributed by atoms with Crippen LogP contribution in [0.25, 0.3) is 0 Å². The molecular formula is C19H25NO6. The maximum absolute atomic E-state index is 12.6. The average molecular weight is 363 g/mol. The van der Waals surface area contributed by atoms with Gasteiger partial charge in [0.2, 0.25) is 0 Å². The van der Waals surface area contributed by atoms with E-state index in [-0.39, 0.29) is 17.8 Å². The van der Waals surface area contributed by atoms with E-state index in [9.17, 15) is 14.7 Å². The van der Waals surface area contributed by atoms with Crippen LogP contribution < -0.4 is 9.47 Å². The number of hydrogen-bond donors (Lipinski definition) is 1. The predicted molar refractivity (Wildman–Crippen MR) is 95.4 cm³/mol. The van der Waals surface area contributed by atoms with E-state index in [4.69, 9.17) is 14.2 Å². The van der Waals surface area contributed by atoms with Crippen LogP contribution in [0.3, 0.4) is 0 Å². The minimum atomic E-state index is -0.661. The normalized spacial score (nSPS) is 17.0. The van der Waals surface area contributed by atoms with Crippen molar-refractivity contribution >= 4 is 11.7 Å². The average Bonchev–Trinajstić information content (AvgIpc) is 2.91. The predicted octanol–water partition coefficient (Wildman–Crippen LogP) is 2.41. The standard InChI is InChI=1S/C19H25NO6/c1-5-13(21)16-17(12-7-8-14(25-3)15(11-12)26-4)20(9-6-10-24-2)19(23)18(16)22/h7-8,11,17,22H,5-6,9-10H2,1-4H3. The maximum Gasteiger partial charge on any atom is 0.290 e. The molecule has 142 valence electrons. The monoisotopic (exact) mass is 363 g/mol. The molecule has 1 heterocycles. The minimum absolute atomic E-state index is 0.127. The molecule has 1 N–H and O–H groups in total. The summed E-state index contributed by atoms with van der Waals surface area (Å²) in [6.45, 7) is 2.53. The molecule has 0 saturated heterocycles. The Morgan fingerprint density at radius 2 is 1.88 bits per heavy atom. The first-order chi connectivity index (χ1) is 12.5. The maximum atomic E-state index is 12.6. The third-order valence-electron chi connectivity index (χ3n) is 4.40. The fraction of sp³-hybridized carbons (Fsp3) is 0.474. The van der Waals surface area contributed by atoms with Crippen molar-refractivity contribution in [2.45, 2.75) is 25.8 Å². The molecule has 1 aliphatic rings. The number of benzene rings is 1. The Hall–Kier alpha value is -2.54. The second-order valence-corrected chi connectivity index (χ2v) is 5.90. The highest BCUT2D eigenvalue weighted by Crippen LogP contribution is 2.41. The number of aliphatic hydroxyl groups is 1. The molecule has 1 aliphatic heterocycles. The van der Waals surface area contributed by atoms with Gasteiger partial charge in [0, 0.05) is 26.7 Å². The molecule has 7 heteroatoms. The summed E-state index contributed by atoms with van der Waals surface area (Å²) in [5.41, 5.74) is 0.802. The first-order valence-electron chi connectivity index (χ1n) is 8.48. The van der Waals surface area contributed by atoms with Gasteiger partial charge in [0.1, 0.15) is 0 Å². The largest absolute Gasteiger partial charge is 0.503 e. The molecule has 0 bridgehead atoms. The SMILES string of the molecule is CCC(=O)C1=C(O)C(=O)N(CCCOC)C1c1ccc(OC)c(OC)c1. The number of Topliss-reactive ketones (excluding diaryl/α,β-unsaturated/α-hetero) is 1. The Morgan fingerprint density at radius 3 is 2.46 bits per heavy atom. The highest BCUT2D eigenvalue weighted by atomic mass is 16.5. The van der Waals surface area contributed by atoms with Crippen molar-refractivity contribution in [1.82, 2.24) is 4.90 Å². The summed E-state index contributed by atoms with van der Waals surface area (Å²) in [5.74, 6) is -0.247. The number of rotatable bonds is 9. The van der Waals surface area contributed by atoms with Gasteiger partial charge in [-0.05, 0) is 24.1 Å². The van der Waals surface area contributed by atoms with Crippen molar-refractivity contribution in [3.05, 3.63) is 35.1 Å². The lowest BCUT2D eigenvalue weighted by atomic mass is 9.94. The summed E-state index contributed by atoms with van der Waals surface area (Å²) in [4.78, 5) is 26.5. The second kappa shape index (κ2) is 8.71. The van der Waals surface area contributed by atoms with Gasteiger partial charge in [0.15, 0.2) is 23.0 Å². The topological polar surface area (TPSA) is 85.3 Å². The van der Waals surface area contributed by atoms with Gasteiger partial charge in [0.25, 0.3) is 5.91 Å². The molecule has 2 rings (SSSR count). The number of aliphatic hydroxyl groups excluding tert-OH is 1. The van der Waals surface area contributed by atoms with Crippen LogP contribution in [0.5, 0.6) is 11.5 Å². The fourth-order valence-electron chi connectivity index (χ4n) is 3.11. The van der Waals surface area contributed by atoms with Crippen molar-refractivity contribution in [1.29, 1.82) is 0 Å². The van der Waals surface area contributed by atoms with E-state index in [1.807, 2.05) is 0 Å². The zero-order valence-corrected chi connectivity index (χ0v) is 15.6. The van der Waals surface area contributed by atoms with Gasteiger partial charge < -0.3 is 24.2 Å². The van der Waals surface area contributed by atoms with Crippen LogP contribution >= 0.6 is 0 Å². The van der Waals surface area contributed by atoms with Gasteiger partial charge in [-0.2, -0.15) is 0 Å². The first kappa shape index (κ1) is 19.8. The molecule has 0 aromatic heterocycles. The Balaban J connectivity index is 2.49. The minimum Gasteiger partial charge on any atom is -0.503 e. The molecule has 1 unspecified atom stereocenters. The number of carbonyl (C=O) groups is 2. The number of nitrogens with zero attached hydrogens (tertiary/aromatic N) is 1. The number of methoxy groups -OCH3 is 3.